The fraction of sp³-hybridized carbons (Fsp3) is 0. The minimum absolute atomic E-state index is 0.241. The summed E-state index contributed by atoms with van der Waals surface area (Å²) in [5.41, 5.74) is 27.7. The standard InChI is InChI=1S/C96H61B2N5OS2/c1-7-30-62(31-8-1)70-44-27-45-71(63-32-9-2-10-33-63)94(70)103-84-61-83-78(60-79(84)98-77-49-22-24-53-88(77)104-89-59-69(58-87(103)93(89)98)100(66-38-15-5-16-39-66)81-51-28-46-74-72-42-19-25-54-90(72)105-95(74)81)97-76-48-21-23-50-80(76)102(82-52-29-47-75-73-43-20-26-55-91(73)106-96(75)82)86-57-68(56-85(92(86)97)101(83)67-40-17-6-18-41-67)99(64-34-11-3-12-35-64)65-36-13-4-14-37-65/h1-61H. The lowest BCUT2D eigenvalue weighted by atomic mass is 9.30. The summed E-state index contributed by atoms with van der Waals surface area (Å²) in [5, 5.41) is 4.99. The molecular formula is C96H61B2N5OS2. The molecule has 0 unspecified atom stereocenters. The van der Waals surface area contributed by atoms with Gasteiger partial charge in [0.25, 0.3) is 13.4 Å². The number of fused-ring (bicyclic) bond motifs is 14. The number of hydrogen-bond donors (Lipinski definition) is 0. The molecule has 0 saturated carbocycles. The Morgan fingerprint density at radius 3 is 1.36 bits per heavy atom. The normalized spacial score (nSPS) is 12.9. The zero-order valence-corrected chi connectivity index (χ0v) is 59.0. The van der Waals surface area contributed by atoms with Crippen molar-refractivity contribution in [1.82, 2.24) is 0 Å². The van der Waals surface area contributed by atoms with Gasteiger partial charge in [-0.3, -0.25) is 0 Å². The van der Waals surface area contributed by atoms with E-state index in [4.69, 9.17) is 4.74 Å². The summed E-state index contributed by atoms with van der Waals surface area (Å²) in [6.45, 7) is -0.519. The molecule has 4 aliphatic rings. The van der Waals surface area contributed by atoms with Crippen molar-refractivity contribution < 1.29 is 4.74 Å². The Kier molecular flexibility index (Phi) is 13.8. The molecular weight excluding hydrogens is 1320 g/mol. The van der Waals surface area contributed by atoms with Gasteiger partial charge in [0, 0.05) is 105 Å². The minimum atomic E-state index is -0.277. The van der Waals surface area contributed by atoms with Gasteiger partial charge in [-0.25, -0.2) is 0 Å². The minimum Gasteiger partial charge on any atom is -0.458 e. The van der Waals surface area contributed by atoms with Crippen molar-refractivity contribution in [3.63, 3.8) is 0 Å². The highest BCUT2D eigenvalue weighted by molar-refractivity contribution is 7.27. The van der Waals surface area contributed by atoms with Crippen LogP contribution in [-0.4, -0.2) is 13.4 Å². The van der Waals surface area contributed by atoms with Crippen molar-refractivity contribution in [2.45, 2.75) is 0 Å². The molecule has 18 aromatic rings. The maximum absolute atomic E-state index is 7.63. The number of anilines is 15. The number of rotatable bonds is 11. The molecule has 0 N–H and O–H groups in total. The van der Waals surface area contributed by atoms with Gasteiger partial charge in [-0.2, -0.15) is 0 Å². The largest absolute Gasteiger partial charge is 0.458 e. The third kappa shape index (κ3) is 9.31. The molecule has 0 bridgehead atoms. The number of para-hydroxylation sites is 7. The molecule has 0 fully saturated rings. The average Bonchev–Trinajstić information content (AvgIpc) is 0.839. The van der Waals surface area contributed by atoms with E-state index in [1.54, 1.807) is 0 Å². The summed E-state index contributed by atoms with van der Waals surface area (Å²) in [4.78, 5) is 12.8. The lowest BCUT2D eigenvalue weighted by Crippen LogP contribution is -2.64. The van der Waals surface area contributed by atoms with Gasteiger partial charge in [0.1, 0.15) is 11.5 Å². The Balaban J connectivity index is 0.879. The SMILES string of the molecule is c1ccc(-c2cccc(-c3ccccc3)c2N2c3cc4c(cc3B3c5ccccc5Oc5cc(N(c6ccccc6)c6cccc7c6sc6ccccc67)cc2c53)B2c3ccccc3N(c3cccc5c3sc3ccccc35)c3cc(N(c5ccccc5)c5ccccc5)cc(c32)N4c2ccccc2)cc1. The number of nitrogens with zero attached hydrogens (tertiary/aromatic N) is 5. The zero-order valence-electron chi connectivity index (χ0n) is 57.3. The Morgan fingerprint density at radius 2 is 0.717 bits per heavy atom. The van der Waals surface area contributed by atoms with Gasteiger partial charge in [-0.05, 0) is 153 Å². The highest BCUT2D eigenvalue weighted by atomic mass is 32.1. The Hall–Kier alpha value is -13.1. The van der Waals surface area contributed by atoms with Crippen LogP contribution in [0.1, 0.15) is 0 Å². The molecule has 0 aliphatic carbocycles. The average molecular weight is 1390 g/mol. The number of ether oxygens (including phenoxy) is 1. The number of hydrogen-bond acceptors (Lipinski definition) is 8. The highest BCUT2D eigenvalue weighted by Gasteiger charge is 2.49. The summed E-state index contributed by atoms with van der Waals surface area (Å²) in [7, 11) is 0. The van der Waals surface area contributed by atoms with Crippen molar-refractivity contribution in [3.8, 4) is 33.8 Å². The van der Waals surface area contributed by atoms with Crippen LogP contribution in [0, 0.1) is 0 Å². The van der Waals surface area contributed by atoms with Crippen LogP contribution in [0.25, 0.3) is 62.6 Å². The molecule has 22 rings (SSSR count). The van der Waals surface area contributed by atoms with E-state index in [0.29, 0.717) is 0 Å². The van der Waals surface area contributed by atoms with E-state index in [9.17, 15) is 0 Å². The van der Waals surface area contributed by atoms with Crippen molar-refractivity contribution in [3.05, 3.63) is 370 Å². The second-order valence-electron chi connectivity index (χ2n) is 27.8. The van der Waals surface area contributed by atoms with Crippen molar-refractivity contribution in [2.75, 3.05) is 24.5 Å². The van der Waals surface area contributed by atoms with Gasteiger partial charge in [-0.15, -0.1) is 22.7 Å². The van der Waals surface area contributed by atoms with Gasteiger partial charge in [-0.1, -0.05) is 255 Å². The first kappa shape index (κ1) is 60.5. The lowest BCUT2D eigenvalue weighted by molar-refractivity contribution is 0.487. The van der Waals surface area contributed by atoms with Crippen LogP contribution in [0.2, 0.25) is 0 Å². The monoisotopic (exact) mass is 1390 g/mol. The van der Waals surface area contributed by atoms with Crippen molar-refractivity contribution >= 4 is 195 Å². The second-order valence-corrected chi connectivity index (χ2v) is 29.9. The maximum Gasteiger partial charge on any atom is 0.256 e. The van der Waals surface area contributed by atoms with E-state index < -0.39 is 0 Å². The van der Waals surface area contributed by atoms with E-state index in [1.165, 1.54) is 62.2 Å². The number of benzene rings is 16. The summed E-state index contributed by atoms with van der Waals surface area (Å²) >= 11 is 3.73. The van der Waals surface area contributed by atoms with Crippen LogP contribution in [-0.2, 0) is 0 Å². The van der Waals surface area contributed by atoms with E-state index in [2.05, 4.69) is 395 Å². The third-order valence-electron chi connectivity index (χ3n) is 22.0. The number of thiophene rings is 2. The maximum atomic E-state index is 7.63. The molecule has 0 atom stereocenters. The zero-order chi connectivity index (χ0) is 69.5. The van der Waals surface area contributed by atoms with E-state index in [0.717, 1.165) is 130 Å². The predicted octanol–water partition coefficient (Wildman–Crippen LogP) is 23.2. The first-order valence-corrected chi connectivity index (χ1v) is 37.9. The second kappa shape index (κ2) is 24.3. The molecule has 0 radical (unpaired) electrons. The first-order chi connectivity index (χ1) is 52.6. The Labute approximate surface area is 623 Å². The van der Waals surface area contributed by atoms with Crippen molar-refractivity contribution in [2.24, 2.45) is 0 Å². The molecule has 10 heteroatoms. The van der Waals surface area contributed by atoms with Crippen LogP contribution >= 0.6 is 22.7 Å². The fourth-order valence-corrected chi connectivity index (χ4v) is 20.0. The quantitative estimate of drug-likeness (QED) is 0.120. The first-order valence-electron chi connectivity index (χ1n) is 36.3. The smallest absolute Gasteiger partial charge is 0.256 e. The molecule has 2 aromatic heterocycles. The highest BCUT2D eigenvalue weighted by Crippen LogP contribution is 2.56. The topological polar surface area (TPSA) is 25.4 Å². The van der Waals surface area contributed by atoms with Gasteiger partial charge in [0.15, 0.2) is 0 Å². The lowest BCUT2D eigenvalue weighted by Gasteiger charge is -2.47. The van der Waals surface area contributed by atoms with Crippen LogP contribution in [0.15, 0.2) is 370 Å². The molecule has 0 saturated heterocycles. The van der Waals surface area contributed by atoms with Crippen LogP contribution in [0.3, 0.4) is 0 Å². The van der Waals surface area contributed by atoms with E-state index in [1.807, 2.05) is 22.7 Å². The molecule has 6 nitrogen and oxygen atoms in total. The van der Waals surface area contributed by atoms with E-state index >= 15 is 0 Å². The summed E-state index contributed by atoms with van der Waals surface area (Å²) in [6, 6.07) is 137. The molecule has 494 valence electrons. The summed E-state index contributed by atoms with van der Waals surface area (Å²) in [6.07, 6.45) is 0. The Bertz CT molecular complexity index is 6460. The summed E-state index contributed by atoms with van der Waals surface area (Å²) < 4.78 is 12.6. The van der Waals surface area contributed by atoms with Crippen LogP contribution in [0.5, 0.6) is 11.5 Å². The molecule has 4 aliphatic heterocycles. The van der Waals surface area contributed by atoms with Gasteiger partial charge in [0.2, 0.25) is 0 Å². The molecule has 16 aromatic carbocycles. The Morgan fingerprint density at radius 1 is 0.264 bits per heavy atom. The molecule has 106 heavy (non-hydrogen) atoms. The van der Waals surface area contributed by atoms with Gasteiger partial charge in [0.05, 0.1) is 37.8 Å². The molecule has 0 spiro atoms. The molecule has 6 heterocycles. The van der Waals surface area contributed by atoms with Crippen LogP contribution in [0.4, 0.5) is 85.3 Å². The third-order valence-corrected chi connectivity index (χ3v) is 24.4. The van der Waals surface area contributed by atoms with Crippen LogP contribution < -0.4 is 62.0 Å². The van der Waals surface area contributed by atoms with Crippen molar-refractivity contribution in [1.29, 1.82) is 0 Å². The van der Waals surface area contributed by atoms with E-state index in [-0.39, 0.29) is 13.4 Å². The fourth-order valence-electron chi connectivity index (χ4n) is 17.6. The molecule has 0 amide bonds. The summed E-state index contributed by atoms with van der Waals surface area (Å²) in [5.74, 6) is 1.66. The predicted molar refractivity (Wildman–Crippen MR) is 452 cm³/mol. The van der Waals surface area contributed by atoms with Gasteiger partial charge >= 0.3 is 0 Å². The van der Waals surface area contributed by atoms with Gasteiger partial charge < -0.3 is 29.2 Å².